The van der Waals surface area contributed by atoms with Gasteiger partial charge in [-0.1, -0.05) is 6.92 Å². The monoisotopic (exact) mass is 456 g/mol. The van der Waals surface area contributed by atoms with Gasteiger partial charge in [-0.15, -0.1) is 0 Å². The van der Waals surface area contributed by atoms with Crippen molar-refractivity contribution in [2.24, 2.45) is 5.14 Å². The molecule has 0 saturated heterocycles. The SMILES string of the molecule is CCCn1c(C)cc(C(=O)COC(=O)c2cc(S(N)(=O)=O)ccc2Br)c1C. The largest absolute Gasteiger partial charge is 0.454 e. The van der Waals surface area contributed by atoms with Crippen LogP contribution in [0.1, 0.15) is 45.4 Å². The Bertz CT molecular complexity index is 995. The number of nitrogens with zero attached hydrogens (tertiary/aromatic N) is 1. The Balaban J connectivity index is 2.17. The summed E-state index contributed by atoms with van der Waals surface area (Å²) < 4.78 is 30.4. The highest BCUT2D eigenvalue weighted by Crippen LogP contribution is 2.22. The number of hydrogen-bond donors (Lipinski definition) is 1. The highest BCUT2D eigenvalue weighted by Gasteiger charge is 2.20. The minimum absolute atomic E-state index is 0.0224. The predicted octanol–water partition coefficient (Wildman–Crippen LogP) is 2.96. The summed E-state index contributed by atoms with van der Waals surface area (Å²) in [4.78, 5) is 24.5. The van der Waals surface area contributed by atoms with E-state index < -0.39 is 22.6 Å². The van der Waals surface area contributed by atoms with Crippen molar-refractivity contribution >= 4 is 37.7 Å². The molecule has 9 heteroatoms. The maximum atomic E-state index is 12.5. The maximum absolute atomic E-state index is 12.5. The lowest BCUT2D eigenvalue weighted by molar-refractivity contribution is 0.0473. The Kier molecular flexibility index (Phi) is 6.61. The number of ether oxygens (including phenoxy) is 1. The fourth-order valence-corrected chi connectivity index (χ4v) is 3.72. The van der Waals surface area contributed by atoms with E-state index in [2.05, 4.69) is 22.9 Å². The molecule has 2 aromatic rings. The van der Waals surface area contributed by atoms with Gasteiger partial charge in [-0.05, 0) is 60.5 Å². The number of aromatic nitrogens is 1. The molecule has 0 amide bonds. The Morgan fingerprint density at radius 3 is 2.44 bits per heavy atom. The zero-order valence-corrected chi connectivity index (χ0v) is 17.7. The van der Waals surface area contributed by atoms with Gasteiger partial charge in [-0.2, -0.15) is 0 Å². The number of Topliss-reactive ketones (excluding diaryl/α,β-unsaturated/α-hetero) is 1. The van der Waals surface area contributed by atoms with Crippen molar-refractivity contribution in [1.29, 1.82) is 0 Å². The van der Waals surface area contributed by atoms with Crippen molar-refractivity contribution in [3.63, 3.8) is 0 Å². The molecule has 0 bridgehead atoms. The molecule has 146 valence electrons. The van der Waals surface area contributed by atoms with Crippen LogP contribution in [0.15, 0.2) is 33.6 Å². The number of sulfonamides is 1. The van der Waals surface area contributed by atoms with Crippen molar-refractivity contribution in [1.82, 2.24) is 4.57 Å². The van der Waals surface area contributed by atoms with Crippen LogP contribution in [-0.4, -0.2) is 31.3 Å². The van der Waals surface area contributed by atoms with Crippen LogP contribution in [0.2, 0.25) is 0 Å². The molecule has 0 fully saturated rings. The number of primary sulfonamides is 1. The van der Waals surface area contributed by atoms with Crippen LogP contribution in [-0.2, 0) is 21.3 Å². The number of ketones is 1. The molecule has 27 heavy (non-hydrogen) atoms. The van der Waals surface area contributed by atoms with E-state index in [-0.39, 0.29) is 16.2 Å². The molecule has 0 radical (unpaired) electrons. The van der Waals surface area contributed by atoms with Crippen molar-refractivity contribution in [2.75, 3.05) is 6.61 Å². The molecule has 1 heterocycles. The van der Waals surface area contributed by atoms with Crippen LogP contribution in [0, 0.1) is 13.8 Å². The lowest BCUT2D eigenvalue weighted by Crippen LogP contribution is -2.17. The average molecular weight is 457 g/mol. The summed E-state index contributed by atoms with van der Waals surface area (Å²) in [6.07, 6.45) is 0.938. The van der Waals surface area contributed by atoms with E-state index in [1.807, 2.05) is 18.4 Å². The number of esters is 1. The van der Waals surface area contributed by atoms with Gasteiger partial charge in [-0.3, -0.25) is 4.79 Å². The van der Waals surface area contributed by atoms with Crippen LogP contribution < -0.4 is 5.14 Å². The highest BCUT2D eigenvalue weighted by molar-refractivity contribution is 9.10. The minimum Gasteiger partial charge on any atom is -0.454 e. The van der Waals surface area contributed by atoms with Gasteiger partial charge in [0.25, 0.3) is 0 Å². The van der Waals surface area contributed by atoms with E-state index in [1.165, 1.54) is 12.1 Å². The molecule has 0 unspecified atom stereocenters. The molecule has 2 N–H and O–H groups in total. The minimum atomic E-state index is -3.96. The van der Waals surface area contributed by atoms with E-state index in [0.717, 1.165) is 30.4 Å². The molecule has 0 aliphatic carbocycles. The van der Waals surface area contributed by atoms with E-state index in [0.29, 0.717) is 10.0 Å². The molecule has 1 aromatic carbocycles. The van der Waals surface area contributed by atoms with E-state index in [1.54, 1.807) is 6.07 Å². The predicted molar refractivity (Wildman–Crippen MR) is 104 cm³/mol. The first-order valence-corrected chi connectivity index (χ1v) is 10.6. The Morgan fingerprint density at radius 2 is 1.85 bits per heavy atom. The van der Waals surface area contributed by atoms with Crippen molar-refractivity contribution in [3.8, 4) is 0 Å². The van der Waals surface area contributed by atoms with Crippen LogP contribution >= 0.6 is 15.9 Å². The lowest BCUT2D eigenvalue weighted by atomic mass is 10.1. The van der Waals surface area contributed by atoms with Gasteiger partial charge < -0.3 is 9.30 Å². The Morgan fingerprint density at radius 1 is 1.19 bits per heavy atom. The number of hydrogen-bond acceptors (Lipinski definition) is 5. The second kappa shape index (κ2) is 8.37. The molecular weight excluding hydrogens is 436 g/mol. The van der Waals surface area contributed by atoms with E-state index >= 15 is 0 Å². The fraction of sp³-hybridized carbons (Fsp3) is 0.333. The molecule has 0 aliphatic rings. The lowest BCUT2D eigenvalue weighted by Gasteiger charge is -2.09. The first-order valence-electron chi connectivity index (χ1n) is 8.25. The van der Waals surface area contributed by atoms with Gasteiger partial charge >= 0.3 is 5.97 Å². The van der Waals surface area contributed by atoms with Gasteiger partial charge in [-0.25, -0.2) is 18.4 Å². The molecule has 1 aromatic heterocycles. The molecule has 0 atom stereocenters. The average Bonchev–Trinajstić information content (AvgIpc) is 2.87. The molecule has 0 saturated carbocycles. The number of carbonyl (C=O) groups is 2. The number of carbonyl (C=O) groups excluding carboxylic acids is 2. The number of rotatable bonds is 7. The number of aryl methyl sites for hydroxylation is 1. The summed E-state index contributed by atoms with van der Waals surface area (Å²) in [5.74, 6) is -1.14. The molecule has 0 spiro atoms. The van der Waals surface area contributed by atoms with Crippen LogP contribution in [0.25, 0.3) is 0 Å². The summed E-state index contributed by atoms with van der Waals surface area (Å²) in [6, 6.07) is 5.54. The molecule has 0 aliphatic heterocycles. The first-order chi connectivity index (χ1) is 12.6. The summed E-state index contributed by atoms with van der Waals surface area (Å²) in [5, 5.41) is 5.08. The summed E-state index contributed by atoms with van der Waals surface area (Å²) in [7, 11) is -3.96. The Labute approximate surface area is 166 Å². The van der Waals surface area contributed by atoms with Gasteiger partial charge in [0, 0.05) is 28.0 Å². The summed E-state index contributed by atoms with van der Waals surface area (Å²) in [5.41, 5.74) is 2.28. The number of nitrogens with two attached hydrogens (primary N) is 1. The van der Waals surface area contributed by atoms with Crippen molar-refractivity contribution < 1.29 is 22.7 Å². The van der Waals surface area contributed by atoms with Gasteiger partial charge in [0.2, 0.25) is 15.8 Å². The van der Waals surface area contributed by atoms with Crippen LogP contribution in [0.4, 0.5) is 0 Å². The van der Waals surface area contributed by atoms with E-state index in [9.17, 15) is 18.0 Å². The van der Waals surface area contributed by atoms with Crippen LogP contribution in [0.5, 0.6) is 0 Å². The standard InChI is InChI=1S/C18H21BrN2O5S/c1-4-7-21-11(2)8-14(12(21)3)17(22)10-26-18(23)15-9-13(27(20,24)25)5-6-16(15)19/h5-6,8-9H,4,7,10H2,1-3H3,(H2,20,24,25). The molecule has 2 rings (SSSR count). The van der Waals surface area contributed by atoms with Gasteiger partial charge in [0.1, 0.15) is 0 Å². The topological polar surface area (TPSA) is 108 Å². The second-order valence-corrected chi connectivity index (χ2v) is 8.54. The normalized spacial score (nSPS) is 11.4. The number of halogens is 1. The first kappa shape index (κ1) is 21.3. The van der Waals surface area contributed by atoms with Gasteiger partial charge in [0.15, 0.2) is 6.61 Å². The zero-order valence-electron chi connectivity index (χ0n) is 15.3. The van der Waals surface area contributed by atoms with Gasteiger partial charge in [0.05, 0.1) is 10.5 Å². The highest BCUT2D eigenvalue weighted by atomic mass is 79.9. The third kappa shape index (κ3) is 4.85. The smallest absolute Gasteiger partial charge is 0.339 e. The van der Waals surface area contributed by atoms with Crippen molar-refractivity contribution in [3.05, 3.63) is 51.3 Å². The second-order valence-electron chi connectivity index (χ2n) is 6.12. The third-order valence-corrected chi connectivity index (χ3v) is 5.74. The molecular formula is C18H21BrN2O5S. The fourth-order valence-electron chi connectivity index (χ4n) is 2.78. The molecule has 7 nitrogen and oxygen atoms in total. The summed E-state index contributed by atoms with van der Waals surface area (Å²) in [6.45, 7) is 6.18. The quantitative estimate of drug-likeness (QED) is 0.508. The Hall–Kier alpha value is -1.97. The summed E-state index contributed by atoms with van der Waals surface area (Å²) >= 11 is 3.17. The number of benzene rings is 1. The van der Waals surface area contributed by atoms with E-state index in [4.69, 9.17) is 9.88 Å². The maximum Gasteiger partial charge on any atom is 0.339 e. The van der Waals surface area contributed by atoms with Crippen molar-refractivity contribution in [2.45, 2.75) is 38.6 Å². The third-order valence-electron chi connectivity index (χ3n) is 4.14. The van der Waals surface area contributed by atoms with Crippen LogP contribution in [0.3, 0.4) is 0 Å². The zero-order chi connectivity index (χ0) is 20.4.